The van der Waals surface area contributed by atoms with Gasteiger partial charge in [-0.15, -0.1) is 0 Å². The van der Waals surface area contributed by atoms with Crippen LogP contribution in [0.5, 0.6) is 5.75 Å². The van der Waals surface area contributed by atoms with Crippen LogP contribution in [-0.2, 0) is 0 Å². The van der Waals surface area contributed by atoms with E-state index in [9.17, 15) is 5.11 Å². The maximum atomic E-state index is 9.52. The molecule has 1 aromatic carbocycles. The van der Waals surface area contributed by atoms with E-state index in [-0.39, 0.29) is 0 Å². The molecule has 0 fully saturated rings. The third-order valence-electron chi connectivity index (χ3n) is 1.91. The van der Waals surface area contributed by atoms with E-state index in [0.717, 1.165) is 22.0 Å². The molecule has 1 nitrogen and oxygen atoms in total. The Bertz CT molecular complexity index is 306. The molecule has 1 N–H and O–H groups in total. The highest BCUT2D eigenvalue weighted by molar-refractivity contribution is 9.09. The lowest BCUT2D eigenvalue weighted by Gasteiger charge is -2.04. The molecular weight excluding hydrogens is 228 g/mol. The second-order valence-electron chi connectivity index (χ2n) is 3.06. The Morgan fingerprint density at radius 2 is 1.85 bits per heavy atom. The summed E-state index contributed by atoms with van der Waals surface area (Å²) in [5.74, 6) is 0.399. The fourth-order valence-corrected chi connectivity index (χ4v) is 1.45. The number of allylic oxidation sites excluding steroid dienone is 1. The van der Waals surface area contributed by atoms with E-state index >= 15 is 0 Å². The number of hydrogen-bond donors (Lipinski definition) is 1. The molecule has 0 bridgehead atoms. The van der Waals surface area contributed by atoms with Gasteiger partial charge in [-0.05, 0) is 42.7 Å². The van der Waals surface area contributed by atoms with Gasteiger partial charge in [0.25, 0.3) is 0 Å². The lowest BCUT2D eigenvalue weighted by molar-refractivity contribution is 0.467. The predicted molar refractivity (Wildman–Crippen MR) is 60.4 cm³/mol. The molecule has 1 rings (SSSR count). The average Bonchev–Trinajstić information content (AvgIpc) is 2.10. The van der Waals surface area contributed by atoms with E-state index < -0.39 is 0 Å². The Balaban J connectivity index is 3.06. The van der Waals surface area contributed by atoms with Gasteiger partial charge < -0.3 is 5.11 Å². The largest absolute Gasteiger partial charge is 0.507 e. The fraction of sp³-hybridized carbons (Fsp3) is 0.273. The molecule has 13 heavy (non-hydrogen) atoms. The van der Waals surface area contributed by atoms with E-state index in [2.05, 4.69) is 15.9 Å². The molecule has 0 aliphatic carbocycles. The van der Waals surface area contributed by atoms with Crippen molar-refractivity contribution in [3.05, 3.63) is 34.9 Å². The molecule has 0 saturated carbocycles. The Morgan fingerprint density at radius 1 is 1.31 bits per heavy atom. The van der Waals surface area contributed by atoms with Crippen molar-refractivity contribution in [2.75, 3.05) is 5.33 Å². The van der Waals surface area contributed by atoms with Crippen LogP contribution in [0, 0.1) is 13.8 Å². The van der Waals surface area contributed by atoms with Crippen LogP contribution in [0.25, 0.3) is 6.08 Å². The van der Waals surface area contributed by atoms with Crippen molar-refractivity contribution in [1.82, 2.24) is 0 Å². The quantitative estimate of drug-likeness (QED) is 0.786. The molecule has 1 aromatic rings. The predicted octanol–water partition coefficient (Wildman–Crippen LogP) is 3.42. The van der Waals surface area contributed by atoms with Crippen molar-refractivity contribution in [3.8, 4) is 5.75 Å². The number of alkyl halides is 1. The van der Waals surface area contributed by atoms with Crippen molar-refractivity contribution in [2.45, 2.75) is 13.8 Å². The summed E-state index contributed by atoms with van der Waals surface area (Å²) in [6, 6.07) is 3.95. The van der Waals surface area contributed by atoms with E-state index in [1.54, 1.807) is 0 Å². The summed E-state index contributed by atoms with van der Waals surface area (Å²) in [5.41, 5.74) is 2.98. The summed E-state index contributed by atoms with van der Waals surface area (Å²) in [7, 11) is 0. The number of benzene rings is 1. The minimum atomic E-state index is 0.399. The van der Waals surface area contributed by atoms with Crippen molar-refractivity contribution in [2.24, 2.45) is 0 Å². The van der Waals surface area contributed by atoms with Gasteiger partial charge in [-0.1, -0.05) is 28.1 Å². The highest BCUT2D eigenvalue weighted by Crippen LogP contribution is 2.23. The number of phenols is 1. The van der Waals surface area contributed by atoms with Gasteiger partial charge in [-0.25, -0.2) is 0 Å². The normalized spacial score (nSPS) is 11.0. The highest BCUT2D eigenvalue weighted by atomic mass is 79.9. The van der Waals surface area contributed by atoms with Gasteiger partial charge in [0.05, 0.1) is 0 Å². The summed E-state index contributed by atoms with van der Waals surface area (Å²) >= 11 is 3.32. The average molecular weight is 241 g/mol. The van der Waals surface area contributed by atoms with Crippen molar-refractivity contribution < 1.29 is 5.11 Å². The Labute approximate surface area is 87.2 Å². The summed E-state index contributed by atoms with van der Waals surface area (Å²) in [6.45, 7) is 3.82. The molecule has 0 saturated heterocycles. The molecule has 2 heteroatoms. The minimum Gasteiger partial charge on any atom is -0.507 e. The first-order valence-electron chi connectivity index (χ1n) is 4.18. The number of halogens is 1. The van der Waals surface area contributed by atoms with E-state index in [4.69, 9.17) is 0 Å². The van der Waals surface area contributed by atoms with Crippen LogP contribution in [0.15, 0.2) is 18.2 Å². The Hall–Kier alpha value is -0.760. The maximum Gasteiger partial charge on any atom is 0.121 e. The highest BCUT2D eigenvalue weighted by Gasteiger charge is 2.00. The van der Waals surface area contributed by atoms with E-state index in [1.165, 1.54) is 0 Å². The van der Waals surface area contributed by atoms with Crippen LogP contribution in [0.4, 0.5) is 0 Å². The zero-order valence-electron chi connectivity index (χ0n) is 7.84. The first-order chi connectivity index (χ1) is 6.15. The fourth-order valence-electron chi connectivity index (χ4n) is 1.27. The van der Waals surface area contributed by atoms with Crippen molar-refractivity contribution >= 4 is 22.0 Å². The van der Waals surface area contributed by atoms with Gasteiger partial charge >= 0.3 is 0 Å². The summed E-state index contributed by atoms with van der Waals surface area (Å²) < 4.78 is 0. The first kappa shape index (κ1) is 10.3. The molecule has 0 unspecified atom stereocenters. The number of aryl methyl sites for hydroxylation is 2. The third-order valence-corrected chi connectivity index (χ3v) is 2.29. The summed E-state index contributed by atoms with van der Waals surface area (Å²) in [5, 5.41) is 10.4. The molecule has 0 atom stereocenters. The van der Waals surface area contributed by atoms with Crippen LogP contribution >= 0.6 is 15.9 Å². The van der Waals surface area contributed by atoms with Crippen LogP contribution in [-0.4, -0.2) is 10.4 Å². The number of hydrogen-bond acceptors (Lipinski definition) is 1. The van der Waals surface area contributed by atoms with Crippen molar-refractivity contribution in [3.63, 3.8) is 0 Å². The molecule has 0 radical (unpaired) electrons. The van der Waals surface area contributed by atoms with Crippen molar-refractivity contribution in [1.29, 1.82) is 0 Å². The zero-order chi connectivity index (χ0) is 9.84. The van der Waals surface area contributed by atoms with Crippen LogP contribution < -0.4 is 0 Å². The maximum absolute atomic E-state index is 9.52. The molecule has 0 aliphatic heterocycles. The topological polar surface area (TPSA) is 20.2 Å². The molecular formula is C11H13BrO. The van der Waals surface area contributed by atoms with Gasteiger partial charge in [0, 0.05) is 5.33 Å². The van der Waals surface area contributed by atoms with Gasteiger partial charge in [0.15, 0.2) is 0 Å². The molecule has 0 amide bonds. The van der Waals surface area contributed by atoms with Gasteiger partial charge in [0.2, 0.25) is 0 Å². The Kier molecular flexibility index (Phi) is 3.55. The molecule has 0 aromatic heterocycles. The van der Waals surface area contributed by atoms with E-state index in [1.807, 2.05) is 38.1 Å². The second-order valence-corrected chi connectivity index (χ2v) is 3.71. The number of rotatable bonds is 2. The minimum absolute atomic E-state index is 0.399. The number of phenolic OH excluding ortho intramolecular Hbond substituents is 1. The zero-order valence-corrected chi connectivity index (χ0v) is 9.43. The van der Waals surface area contributed by atoms with Gasteiger partial charge in [0.1, 0.15) is 5.75 Å². The SMILES string of the molecule is Cc1cc(C=CCBr)cc(C)c1O. The van der Waals surface area contributed by atoms with Crippen LogP contribution in [0.2, 0.25) is 0 Å². The smallest absolute Gasteiger partial charge is 0.121 e. The molecule has 70 valence electrons. The first-order valence-corrected chi connectivity index (χ1v) is 5.30. The number of aromatic hydroxyl groups is 1. The summed E-state index contributed by atoms with van der Waals surface area (Å²) in [6.07, 6.45) is 4.07. The van der Waals surface area contributed by atoms with E-state index in [0.29, 0.717) is 5.75 Å². The van der Waals surface area contributed by atoms with Crippen LogP contribution in [0.1, 0.15) is 16.7 Å². The molecule has 0 aliphatic rings. The monoisotopic (exact) mass is 240 g/mol. The second kappa shape index (κ2) is 4.47. The van der Waals surface area contributed by atoms with Gasteiger partial charge in [-0.2, -0.15) is 0 Å². The molecule has 0 heterocycles. The lowest BCUT2D eigenvalue weighted by atomic mass is 10.1. The van der Waals surface area contributed by atoms with Crippen LogP contribution in [0.3, 0.4) is 0 Å². The lowest BCUT2D eigenvalue weighted by Crippen LogP contribution is -1.82. The third kappa shape index (κ3) is 2.59. The van der Waals surface area contributed by atoms with Gasteiger partial charge in [-0.3, -0.25) is 0 Å². The molecule has 0 spiro atoms. The standard InChI is InChI=1S/C11H13BrO/c1-8-6-10(4-3-5-12)7-9(2)11(8)13/h3-4,6-7,13H,5H2,1-2H3. The Morgan fingerprint density at radius 3 is 2.31 bits per heavy atom. The summed E-state index contributed by atoms with van der Waals surface area (Å²) in [4.78, 5) is 0.